The molecule has 0 bridgehead atoms. The van der Waals surface area contributed by atoms with Gasteiger partial charge in [-0.15, -0.1) is 0 Å². The van der Waals surface area contributed by atoms with Gasteiger partial charge in [-0.3, -0.25) is 14.4 Å². The van der Waals surface area contributed by atoms with E-state index in [0.29, 0.717) is 19.3 Å². The lowest BCUT2D eigenvalue weighted by Gasteiger charge is -2.18. The highest BCUT2D eigenvalue weighted by molar-refractivity contribution is 5.71. The van der Waals surface area contributed by atoms with Gasteiger partial charge in [-0.25, -0.2) is 0 Å². The molecule has 0 amide bonds. The third-order valence-corrected chi connectivity index (χ3v) is 10.4. The minimum absolute atomic E-state index is 0.0885. The van der Waals surface area contributed by atoms with E-state index in [1.165, 1.54) is 135 Å². The van der Waals surface area contributed by atoms with Crippen LogP contribution in [0.15, 0.2) is 36.5 Å². The van der Waals surface area contributed by atoms with Crippen molar-refractivity contribution in [3.63, 3.8) is 0 Å². The molecule has 0 aromatic rings. The lowest BCUT2D eigenvalue weighted by atomic mass is 10.0. The fourth-order valence-electron chi connectivity index (χ4n) is 6.82. The number of carbonyl (C=O) groups is 3. The molecular formula is C50H90O6. The summed E-state index contributed by atoms with van der Waals surface area (Å²) in [6.07, 6.45) is 51.4. The average molecular weight is 787 g/mol. The molecule has 326 valence electrons. The van der Waals surface area contributed by atoms with Gasteiger partial charge in [-0.1, -0.05) is 218 Å². The second-order valence-corrected chi connectivity index (χ2v) is 16.0. The summed E-state index contributed by atoms with van der Waals surface area (Å²) in [6, 6.07) is 0. The Bertz CT molecular complexity index is 953. The topological polar surface area (TPSA) is 78.9 Å². The molecule has 0 saturated heterocycles. The normalized spacial score (nSPS) is 12.3. The highest BCUT2D eigenvalue weighted by Gasteiger charge is 2.19. The van der Waals surface area contributed by atoms with Gasteiger partial charge in [-0.05, 0) is 44.9 Å². The van der Waals surface area contributed by atoms with Crippen LogP contribution in [0.3, 0.4) is 0 Å². The van der Waals surface area contributed by atoms with Crippen LogP contribution >= 0.6 is 0 Å². The van der Waals surface area contributed by atoms with Crippen molar-refractivity contribution in [3.8, 4) is 0 Å². The lowest BCUT2D eigenvalue weighted by Crippen LogP contribution is -2.30. The van der Waals surface area contributed by atoms with Crippen molar-refractivity contribution in [2.24, 2.45) is 0 Å². The van der Waals surface area contributed by atoms with Crippen molar-refractivity contribution in [2.75, 3.05) is 13.2 Å². The summed E-state index contributed by atoms with van der Waals surface area (Å²) in [6.45, 7) is 6.48. The number of hydrogen-bond acceptors (Lipinski definition) is 6. The predicted molar refractivity (Wildman–Crippen MR) is 238 cm³/mol. The summed E-state index contributed by atoms with van der Waals surface area (Å²) < 4.78 is 16.7. The van der Waals surface area contributed by atoms with Gasteiger partial charge in [0.05, 0.1) is 0 Å². The van der Waals surface area contributed by atoms with Crippen molar-refractivity contribution >= 4 is 17.9 Å². The van der Waals surface area contributed by atoms with E-state index in [4.69, 9.17) is 14.2 Å². The summed E-state index contributed by atoms with van der Waals surface area (Å²) in [4.78, 5) is 37.7. The van der Waals surface area contributed by atoms with Gasteiger partial charge in [0.1, 0.15) is 13.2 Å². The molecule has 0 aliphatic rings. The van der Waals surface area contributed by atoms with Crippen LogP contribution in [-0.2, 0) is 28.6 Å². The van der Waals surface area contributed by atoms with Gasteiger partial charge in [0, 0.05) is 19.3 Å². The molecule has 6 nitrogen and oxygen atoms in total. The van der Waals surface area contributed by atoms with Crippen LogP contribution in [0.4, 0.5) is 0 Å². The molecule has 0 aliphatic heterocycles. The molecule has 6 heteroatoms. The Kier molecular flexibility index (Phi) is 43.4. The molecule has 0 N–H and O–H groups in total. The van der Waals surface area contributed by atoms with Crippen LogP contribution in [0, 0.1) is 0 Å². The molecule has 0 spiro atoms. The van der Waals surface area contributed by atoms with E-state index < -0.39 is 6.10 Å². The quantitative estimate of drug-likeness (QED) is 0.0265. The molecular weight excluding hydrogens is 697 g/mol. The summed E-state index contributed by atoms with van der Waals surface area (Å²) in [5.41, 5.74) is 0. The minimum atomic E-state index is -0.791. The minimum Gasteiger partial charge on any atom is -0.462 e. The van der Waals surface area contributed by atoms with Gasteiger partial charge < -0.3 is 14.2 Å². The summed E-state index contributed by atoms with van der Waals surface area (Å²) in [5, 5.41) is 0. The molecule has 1 atom stereocenters. The zero-order valence-electron chi connectivity index (χ0n) is 37.2. The summed E-state index contributed by atoms with van der Waals surface area (Å²) in [5.74, 6) is -0.937. The zero-order valence-corrected chi connectivity index (χ0v) is 37.2. The standard InChI is InChI=1S/C50H90O6/c1-4-7-10-13-16-19-22-23-24-25-26-29-31-34-37-40-43-49(52)55-46-47(56-50(53)44-41-38-35-32-28-21-18-15-12-9-6-3)45-54-48(51)42-39-36-33-30-27-20-17-14-11-8-5-2/h9,12,18,21,32,35,47H,4-8,10-11,13-17,19-20,22-31,33-34,36-46H2,1-3H3/b12-9-,21-18-,35-32-. The molecule has 0 aromatic heterocycles. The first-order valence-electron chi connectivity index (χ1n) is 24.0. The first-order chi connectivity index (χ1) is 27.5. The number of carbonyl (C=O) groups excluding carboxylic acids is 3. The van der Waals surface area contributed by atoms with E-state index >= 15 is 0 Å². The maximum absolute atomic E-state index is 12.7. The molecule has 0 radical (unpaired) electrons. The molecule has 56 heavy (non-hydrogen) atoms. The van der Waals surface area contributed by atoms with Gasteiger partial charge >= 0.3 is 17.9 Å². The third kappa shape index (κ3) is 42.8. The number of unbranched alkanes of at least 4 members (excludes halogenated alkanes) is 26. The van der Waals surface area contributed by atoms with Gasteiger partial charge in [0.15, 0.2) is 6.10 Å². The first-order valence-corrected chi connectivity index (χ1v) is 24.0. The van der Waals surface area contributed by atoms with Crippen molar-refractivity contribution in [1.29, 1.82) is 0 Å². The van der Waals surface area contributed by atoms with Crippen LogP contribution in [0.5, 0.6) is 0 Å². The smallest absolute Gasteiger partial charge is 0.306 e. The molecule has 0 aliphatic carbocycles. The van der Waals surface area contributed by atoms with Crippen LogP contribution in [0.2, 0.25) is 0 Å². The Morgan fingerprint density at radius 3 is 1.07 bits per heavy atom. The Labute approximate surface area is 346 Å². The highest BCUT2D eigenvalue weighted by atomic mass is 16.6. The largest absolute Gasteiger partial charge is 0.462 e. The number of allylic oxidation sites excluding steroid dienone is 6. The number of esters is 3. The molecule has 0 saturated carbocycles. The SMILES string of the molecule is CC/C=C\C/C=C\C/C=C\CCCC(=O)OC(COC(=O)CCCCCCCCCCCCC)COC(=O)CCCCCCCCCCCCCCCCCC. The maximum Gasteiger partial charge on any atom is 0.306 e. The fourth-order valence-corrected chi connectivity index (χ4v) is 6.82. The molecule has 0 rings (SSSR count). The highest BCUT2D eigenvalue weighted by Crippen LogP contribution is 2.15. The summed E-state index contributed by atoms with van der Waals surface area (Å²) >= 11 is 0. The maximum atomic E-state index is 12.7. The van der Waals surface area contributed by atoms with Gasteiger partial charge in [0.2, 0.25) is 0 Å². The Morgan fingerprint density at radius 1 is 0.375 bits per heavy atom. The average Bonchev–Trinajstić information content (AvgIpc) is 3.19. The van der Waals surface area contributed by atoms with E-state index in [1.54, 1.807) is 0 Å². The van der Waals surface area contributed by atoms with E-state index in [0.717, 1.165) is 64.2 Å². The first kappa shape index (κ1) is 53.6. The molecule has 1 unspecified atom stereocenters. The second-order valence-electron chi connectivity index (χ2n) is 16.0. The van der Waals surface area contributed by atoms with Crippen molar-refractivity contribution in [1.82, 2.24) is 0 Å². The number of ether oxygens (including phenoxy) is 3. The second kappa shape index (κ2) is 45.3. The van der Waals surface area contributed by atoms with Crippen LogP contribution in [0.1, 0.15) is 245 Å². The van der Waals surface area contributed by atoms with Crippen LogP contribution in [0.25, 0.3) is 0 Å². The van der Waals surface area contributed by atoms with E-state index in [1.807, 2.05) is 0 Å². The van der Waals surface area contributed by atoms with Gasteiger partial charge in [0.25, 0.3) is 0 Å². The monoisotopic (exact) mass is 787 g/mol. The Hall–Kier alpha value is -2.37. The van der Waals surface area contributed by atoms with Crippen molar-refractivity contribution in [2.45, 2.75) is 252 Å². The lowest BCUT2D eigenvalue weighted by molar-refractivity contribution is -0.167. The van der Waals surface area contributed by atoms with Crippen LogP contribution < -0.4 is 0 Å². The van der Waals surface area contributed by atoms with Gasteiger partial charge in [-0.2, -0.15) is 0 Å². The molecule has 0 fully saturated rings. The Morgan fingerprint density at radius 2 is 0.696 bits per heavy atom. The fraction of sp³-hybridized carbons (Fsp3) is 0.820. The predicted octanol–water partition coefficient (Wildman–Crippen LogP) is 15.4. The van der Waals surface area contributed by atoms with E-state index in [-0.39, 0.29) is 37.5 Å². The van der Waals surface area contributed by atoms with E-state index in [9.17, 15) is 14.4 Å². The zero-order chi connectivity index (χ0) is 40.8. The molecule has 0 heterocycles. The number of rotatable bonds is 43. The number of hydrogen-bond donors (Lipinski definition) is 0. The van der Waals surface area contributed by atoms with E-state index in [2.05, 4.69) is 57.2 Å². The van der Waals surface area contributed by atoms with Crippen molar-refractivity contribution < 1.29 is 28.6 Å². The third-order valence-electron chi connectivity index (χ3n) is 10.4. The van der Waals surface area contributed by atoms with Crippen LogP contribution in [-0.4, -0.2) is 37.2 Å². The van der Waals surface area contributed by atoms with Crippen molar-refractivity contribution in [3.05, 3.63) is 36.5 Å². The molecule has 0 aromatic carbocycles. The Balaban J connectivity index is 4.35. The summed E-state index contributed by atoms with van der Waals surface area (Å²) in [7, 11) is 0.